The molecule has 1 atom stereocenters. The van der Waals surface area contributed by atoms with Gasteiger partial charge in [0, 0.05) is 31.5 Å². The van der Waals surface area contributed by atoms with Gasteiger partial charge in [-0.2, -0.15) is 0 Å². The van der Waals surface area contributed by atoms with Gasteiger partial charge in [0.25, 0.3) is 0 Å². The van der Waals surface area contributed by atoms with Gasteiger partial charge in [0.1, 0.15) is 11.2 Å². The van der Waals surface area contributed by atoms with Gasteiger partial charge in [-0.15, -0.1) is 0 Å². The predicted octanol–water partition coefficient (Wildman–Crippen LogP) is 1.75. The molecule has 7 nitrogen and oxygen atoms in total. The SMILES string of the molecule is CC(C)n1c(Nc2ccccc2F)nc2c1=NC(C)(NC1CCOCC1)NC=2. The zero-order valence-electron chi connectivity index (χ0n) is 16.5. The van der Waals surface area contributed by atoms with Crippen LogP contribution in [-0.4, -0.2) is 34.6 Å². The van der Waals surface area contributed by atoms with Crippen molar-refractivity contribution < 1.29 is 9.13 Å². The molecule has 3 heterocycles. The average molecular weight is 386 g/mol. The molecule has 1 aromatic carbocycles. The Morgan fingerprint density at radius 2 is 2.04 bits per heavy atom. The van der Waals surface area contributed by atoms with E-state index in [1.54, 1.807) is 18.2 Å². The normalized spacial score (nSPS) is 22.2. The van der Waals surface area contributed by atoms with Crippen LogP contribution in [0.1, 0.15) is 39.7 Å². The highest BCUT2D eigenvalue weighted by Gasteiger charge is 2.29. The van der Waals surface area contributed by atoms with Crippen molar-refractivity contribution in [2.24, 2.45) is 4.99 Å². The fourth-order valence-corrected chi connectivity index (χ4v) is 3.68. The summed E-state index contributed by atoms with van der Waals surface area (Å²) in [5.74, 6) is -0.372. The van der Waals surface area contributed by atoms with Crippen LogP contribution in [0.3, 0.4) is 0 Å². The molecule has 2 aliphatic rings. The molecule has 3 N–H and O–H groups in total. The standard InChI is InChI=1S/C20H27FN6O/c1-13(2)27-18-17(24-19(27)23-16-7-5-4-6-15(16)21)12-22-20(3,26-18)25-14-8-10-28-11-9-14/h4-7,12-14,22,25H,8-11H2,1-3H3,(H,23,24). The quantitative estimate of drug-likeness (QED) is 0.730. The van der Waals surface area contributed by atoms with Gasteiger partial charge in [-0.05, 0) is 45.7 Å². The monoisotopic (exact) mass is 386 g/mol. The minimum Gasteiger partial charge on any atom is -0.381 e. The number of aromatic nitrogens is 2. The molecule has 28 heavy (non-hydrogen) atoms. The maximum Gasteiger partial charge on any atom is 0.210 e. The lowest BCUT2D eigenvalue weighted by Gasteiger charge is -2.34. The second-order valence-electron chi connectivity index (χ2n) is 7.72. The molecular formula is C20H27FN6O. The smallest absolute Gasteiger partial charge is 0.210 e. The molecule has 0 aliphatic carbocycles. The Bertz CT molecular complexity index is 966. The zero-order valence-corrected chi connectivity index (χ0v) is 16.5. The van der Waals surface area contributed by atoms with Gasteiger partial charge < -0.3 is 15.4 Å². The lowest BCUT2D eigenvalue weighted by atomic mass is 10.1. The van der Waals surface area contributed by atoms with Gasteiger partial charge in [-0.1, -0.05) is 12.1 Å². The van der Waals surface area contributed by atoms with Crippen LogP contribution < -0.4 is 26.8 Å². The summed E-state index contributed by atoms with van der Waals surface area (Å²) in [7, 11) is 0. The van der Waals surface area contributed by atoms with Gasteiger partial charge in [0.2, 0.25) is 5.95 Å². The third kappa shape index (κ3) is 3.74. The first-order chi connectivity index (χ1) is 13.5. The minimum atomic E-state index is -0.628. The van der Waals surface area contributed by atoms with Gasteiger partial charge >= 0.3 is 0 Å². The fourth-order valence-electron chi connectivity index (χ4n) is 3.68. The van der Waals surface area contributed by atoms with Crippen molar-refractivity contribution in [2.45, 2.75) is 51.5 Å². The number of hydrogen-bond donors (Lipinski definition) is 3. The number of halogens is 1. The maximum absolute atomic E-state index is 14.1. The summed E-state index contributed by atoms with van der Waals surface area (Å²) in [5, 5.41) is 10.8. The minimum absolute atomic E-state index is 0.105. The molecular weight excluding hydrogens is 359 g/mol. The maximum atomic E-state index is 14.1. The van der Waals surface area contributed by atoms with E-state index in [1.165, 1.54) is 6.07 Å². The van der Waals surface area contributed by atoms with Crippen LogP contribution in [0.5, 0.6) is 0 Å². The van der Waals surface area contributed by atoms with E-state index in [1.807, 2.05) is 17.7 Å². The Morgan fingerprint density at radius 3 is 2.75 bits per heavy atom. The van der Waals surface area contributed by atoms with E-state index in [4.69, 9.17) is 9.73 Å². The zero-order chi connectivity index (χ0) is 19.7. The van der Waals surface area contributed by atoms with E-state index in [0.717, 1.165) is 36.9 Å². The van der Waals surface area contributed by atoms with E-state index in [0.29, 0.717) is 17.7 Å². The first kappa shape index (κ1) is 18.9. The van der Waals surface area contributed by atoms with E-state index in [2.05, 4.69) is 34.8 Å². The first-order valence-corrected chi connectivity index (χ1v) is 9.78. The molecule has 4 rings (SSSR count). The van der Waals surface area contributed by atoms with Gasteiger partial charge in [0.05, 0.1) is 5.69 Å². The average Bonchev–Trinajstić information content (AvgIpc) is 3.01. The second-order valence-corrected chi connectivity index (χ2v) is 7.72. The van der Waals surface area contributed by atoms with Crippen molar-refractivity contribution >= 4 is 17.8 Å². The van der Waals surface area contributed by atoms with Crippen LogP contribution in [0.15, 0.2) is 29.3 Å². The number of rotatable bonds is 5. The van der Waals surface area contributed by atoms with E-state index >= 15 is 0 Å². The molecule has 2 aliphatic heterocycles. The van der Waals surface area contributed by atoms with Crippen LogP contribution >= 0.6 is 0 Å². The fraction of sp³-hybridized carbons (Fsp3) is 0.500. The van der Waals surface area contributed by atoms with Crippen molar-refractivity contribution in [3.05, 3.63) is 40.9 Å². The van der Waals surface area contributed by atoms with Crippen LogP contribution in [0.2, 0.25) is 0 Å². The number of nitrogens with one attached hydrogen (secondary N) is 3. The van der Waals surface area contributed by atoms with E-state index in [9.17, 15) is 4.39 Å². The summed E-state index contributed by atoms with van der Waals surface area (Å²) in [5.41, 5.74) is 1.16. The lowest BCUT2D eigenvalue weighted by Crippen LogP contribution is -2.60. The Kier molecular flexibility index (Phi) is 5.07. The highest BCUT2D eigenvalue weighted by atomic mass is 19.1. The highest BCUT2D eigenvalue weighted by Crippen LogP contribution is 2.19. The number of anilines is 2. The number of fused-ring (bicyclic) bond motifs is 1. The summed E-state index contributed by atoms with van der Waals surface area (Å²) in [6, 6.07) is 7.04. The summed E-state index contributed by atoms with van der Waals surface area (Å²) in [6.45, 7) is 7.68. The van der Waals surface area contributed by atoms with Gasteiger partial charge in [0.15, 0.2) is 11.3 Å². The molecule has 0 saturated carbocycles. The number of imidazole rings is 1. The van der Waals surface area contributed by atoms with Crippen LogP contribution in [0.4, 0.5) is 16.0 Å². The summed E-state index contributed by atoms with van der Waals surface area (Å²) in [6.07, 6.45) is 3.80. The molecule has 1 fully saturated rings. The molecule has 150 valence electrons. The Labute approximate surface area is 163 Å². The number of ether oxygens (including phenoxy) is 1. The van der Waals surface area contributed by atoms with Crippen molar-refractivity contribution in [3.8, 4) is 0 Å². The highest BCUT2D eigenvalue weighted by molar-refractivity contribution is 5.54. The molecule has 8 heteroatoms. The van der Waals surface area contributed by atoms with Crippen LogP contribution in [-0.2, 0) is 4.74 Å². The molecule has 0 bridgehead atoms. The number of benzene rings is 1. The van der Waals surface area contributed by atoms with E-state index < -0.39 is 5.79 Å². The molecule has 1 unspecified atom stereocenters. The second kappa shape index (κ2) is 7.52. The summed E-state index contributed by atoms with van der Waals surface area (Å²) in [4.78, 5) is 9.60. The lowest BCUT2D eigenvalue weighted by molar-refractivity contribution is 0.0674. The molecule has 0 amide bonds. The van der Waals surface area contributed by atoms with Crippen LogP contribution in [0, 0.1) is 5.82 Å². The molecule has 0 spiro atoms. The number of nitrogens with zero attached hydrogens (tertiary/aromatic N) is 3. The van der Waals surface area contributed by atoms with Gasteiger partial charge in [-0.3, -0.25) is 9.88 Å². The number of hydrogen-bond acceptors (Lipinski definition) is 6. The topological polar surface area (TPSA) is 75.5 Å². The number of para-hydroxylation sites is 1. The Morgan fingerprint density at radius 1 is 1.29 bits per heavy atom. The predicted molar refractivity (Wildman–Crippen MR) is 106 cm³/mol. The molecule has 1 saturated heterocycles. The summed E-state index contributed by atoms with van der Waals surface area (Å²) < 4.78 is 21.6. The molecule has 1 aromatic heterocycles. The van der Waals surface area contributed by atoms with Crippen molar-refractivity contribution in [1.29, 1.82) is 0 Å². The van der Waals surface area contributed by atoms with Crippen molar-refractivity contribution in [1.82, 2.24) is 20.2 Å². The van der Waals surface area contributed by atoms with Crippen molar-refractivity contribution in [2.75, 3.05) is 18.5 Å². The van der Waals surface area contributed by atoms with E-state index in [-0.39, 0.29) is 11.9 Å². The third-order valence-electron chi connectivity index (χ3n) is 5.07. The molecule has 2 aromatic rings. The third-order valence-corrected chi connectivity index (χ3v) is 5.07. The Hall–Kier alpha value is -2.45. The van der Waals surface area contributed by atoms with Crippen LogP contribution in [0.25, 0.3) is 6.20 Å². The Balaban J connectivity index is 1.70. The van der Waals surface area contributed by atoms with Crippen molar-refractivity contribution in [3.63, 3.8) is 0 Å². The molecule has 0 radical (unpaired) electrons. The summed E-state index contributed by atoms with van der Waals surface area (Å²) >= 11 is 0. The first-order valence-electron chi connectivity index (χ1n) is 9.78. The largest absolute Gasteiger partial charge is 0.381 e. The van der Waals surface area contributed by atoms with Gasteiger partial charge in [-0.25, -0.2) is 14.4 Å².